The lowest BCUT2D eigenvalue weighted by atomic mass is 10.1. The van der Waals surface area contributed by atoms with Crippen LogP contribution in [0.5, 0.6) is 0 Å². The van der Waals surface area contributed by atoms with E-state index in [1.165, 1.54) is 17.7 Å². The van der Waals surface area contributed by atoms with E-state index in [2.05, 4.69) is 45.9 Å². The van der Waals surface area contributed by atoms with Crippen LogP contribution < -0.4 is 5.32 Å². The number of nitrogens with one attached hydrogen (secondary N) is 1. The fraction of sp³-hybridized carbons (Fsp3) is 0.357. The largest absolute Gasteiger partial charge is 0.324 e. The Morgan fingerprint density at radius 2 is 1.67 bits per heavy atom. The molecule has 1 saturated heterocycles. The number of fused-ring (bicyclic) bond motifs is 1. The van der Waals surface area contributed by atoms with Crippen molar-refractivity contribution in [3.63, 3.8) is 0 Å². The van der Waals surface area contributed by atoms with Gasteiger partial charge < -0.3 is 9.88 Å². The van der Waals surface area contributed by atoms with Gasteiger partial charge in [0.05, 0.1) is 5.69 Å². The number of halogens is 2. The summed E-state index contributed by atoms with van der Waals surface area (Å²) in [6.45, 7) is 12.1. The molecule has 1 N–H and O–H groups in total. The fourth-order valence-corrected chi connectivity index (χ4v) is 4.68. The second-order valence-electron chi connectivity index (χ2n) is 9.88. The van der Waals surface area contributed by atoms with E-state index in [4.69, 9.17) is 0 Å². The molecule has 1 aliphatic heterocycles. The van der Waals surface area contributed by atoms with Gasteiger partial charge in [-0.05, 0) is 69.2 Å². The monoisotopic (exact) mass is 490 g/mol. The molecule has 6 nitrogen and oxygen atoms in total. The molecule has 0 bridgehead atoms. The summed E-state index contributed by atoms with van der Waals surface area (Å²) in [6.07, 6.45) is 3.47. The second kappa shape index (κ2) is 9.95. The molecule has 0 radical (unpaired) electrons. The summed E-state index contributed by atoms with van der Waals surface area (Å²) in [5.41, 5.74) is 4.33. The van der Waals surface area contributed by atoms with Crippen LogP contribution in [0.25, 0.3) is 16.7 Å². The number of aromatic nitrogens is 3. The first-order chi connectivity index (χ1) is 17.3. The smallest absolute Gasteiger partial charge is 0.229 e. The molecule has 1 fully saturated rings. The van der Waals surface area contributed by atoms with E-state index in [1.807, 2.05) is 31.2 Å². The summed E-state index contributed by atoms with van der Waals surface area (Å²) in [5, 5.41) is 4.01. The number of rotatable bonds is 6. The van der Waals surface area contributed by atoms with Crippen LogP contribution in [0.4, 0.5) is 20.4 Å². The molecule has 0 unspecified atom stereocenters. The number of nitrogens with zero attached hydrogens (tertiary/aromatic N) is 5. The standard InChI is InChI=1S/C28H32F2N6/c1-18(2)35-11-9-34(10-12-35)17-24-25(29)14-23(15-26(24)30)36-8-7-21-16-31-28(33-27(21)36)32-22-6-5-19(3)20(4)13-22/h5-8,13-16,18H,9-12,17H2,1-4H3,(H,31,32,33). The number of hydrogen-bond donors (Lipinski definition) is 1. The molecule has 0 aliphatic carbocycles. The van der Waals surface area contributed by atoms with Crippen LogP contribution in [-0.4, -0.2) is 56.6 Å². The quantitative estimate of drug-likeness (QED) is 0.382. The minimum atomic E-state index is -0.541. The predicted octanol–water partition coefficient (Wildman–Crippen LogP) is 5.59. The van der Waals surface area contributed by atoms with Gasteiger partial charge in [0.15, 0.2) is 0 Å². The maximum atomic E-state index is 15.2. The Hall–Kier alpha value is -3.36. The molecule has 0 amide bonds. The third-order valence-corrected chi connectivity index (χ3v) is 7.11. The van der Waals surface area contributed by atoms with Crippen LogP contribution in [-0.2, 0) is 6.54 Å². The molecule has 4 aromatic rings. The van der Waals surface area contributed by atoms with Crippen molar-refractivity contribution in [1.29, 1.82) is 0 Å². The fourth-order valence-electron chi connectivity index (χ4n) is 4.68. The minimum Gasteiger partial charge on any atom is -0.324 e. The lowest BCUT2D eigenvalue weighted by Gasteiger charge is -2.37. The van der Waals surface area contributed by atoms with Crippen molar-refractivity contribution < 1.29 is 8.78 Å². The Kier molecular flexibility index (Phi) is 6.73. The van der Waals surface area contributed by atoms with E-state index >= 15 is 8.78 Å². The number of aryl methyl sites for hydroxylation is 2. The third kappa shape index (κ3) is 4.96. The Morgan fingerprint density at radius 3 is 2.33 bits per heavy atom. The summed E-state index contributed by atoms with van der Waals surface area (Å²) >= 11 is 0. The zero-order chi connectivity index (χ0) is 25.4. The second-order valence-corrected chi connectivity index (χ2v) is 9.88. The van der Waals surface area contributed by atoms with Gasteiger partial charge in [0.1, 0.15) is 17.3 Å². The molecule has 0 saturated carbocycles. The first kappa shape index (κ1) is 24.3. The van der Waals surface area contributed by atoms with E-state index in [1.54, 1.807) is 17.0 Å². The topological polar surface area (TPSA) is 49.2 Å². The van der Waals surface area contributed by atoms with E-state index in [0.29, 0.717) is 23.3 Å². The molecule has 0 spiro atoms. The van der Waals surface area contributed by atoms with Gasteiger partial charge in [0.2, 0.25) is 5.95 Å². The van der Waals surface area contributed by atoms with Crippen molar-refractivity contribution in [2.75, 3.05) is 31.5 Å². The highest BCUT2D eigenvalue weighted by Gasteiger charge is 2.22. The molecule has 36 heavy (non-hydrogen) atoms. The molecule has 3 heterocycles. The molecule has 2 aromatic carbocycles. The van der Waals surface area contributed by atoms with Gasteiger partial charge in [-0.25, -0.2) is 13.8 Å². The molecular formula is C28H32F2N6. The molecule has 0 atom stereocenters. The van der Waals surface area contributed by atoms with Gasteiger partial charge in [0, 0.05) is 67.8 Å². The SMILES string of the molecule is Cc1ccc(Nc2ncc3ccn(-c4cc(F)c(CN5CCN(C(C)C)CC5)c(F)c4)c3n2)cc1C. The lowest BCUT2D eigenvalue weighted by molar-refractivity contribution is 0.102. The molecule has 1 aliphatic rings. The molecular weight excluding hydrogens is 458 g/mol. The number of anilines is 2. The van der Waals surface area contributed by atoms with Gasteiger partial charge in [-0.1, -0.05) is 6.07 Å². The highest BCUT2D eigenvalue weighted by Crippen LogP contribution is 2.25. The molecule has 188 valence electrons. The van der Waals surface area contributed by atoms with E-state index < -0.39 is 11.6 Å². The average molecular weight is 491 g/mol. The third-order valence-electron chi connectivity index (χ3n) is 7.11. The summed E-state index contributed by atoms with van der Waals surface area (Å²) in [5.74, 6) is -0.662. The maximum absolute atomic E-state index is 15.2. The summed E-state index contributed by atoms with van der Waals surface area (Å²) in [7, 11) is 0. The Morgan fingerprint density at radius 1 is 0.944 bits per heavy atom. The van der Waals surface area contributed by atoms with Gasteiger partial charge in [-0.3, -0.25) is 9.80 Å². The normalized spacial score (nSPS) is 15.2. The summed E-state index contributed by atoms with van der Waals surface area (Å²) < 4.78 is 32.0. The lowest BCUT2D eigenvalue weighted by Crippen LogP contribution is -2.48. The van der Waals surface area contributed by atoms with Gasteiger partial charge in [-0.2, -0.15) is 4.98 Å². The van der Waals surface area contributed by atoms with Crippen LogP contribution in [0.15, 0.2) is 48.8 Å². The van der Waals surface area contributed by atoms with E-state index in [-0.39, 0.29) is 12.1 Å². The molecule has 5 rings (SSSR count). The molecule has 8 heteroatoms. The van der Waals surface area contributed by atoms with Crippen molar-refractivity contribution in [2.45, 2.75) is 40.3 Å². The van der Waals surface area contributed by atoms with Gasteiger partial charge in [-0.15, -0.1) is 0 Å². The highest BCUT2D eigenvalue weighted by molar-refractivity contribution is 5.79. The zero-order valence-electron chi connectivity index (χ0n) is 21.2. The van der Waals surface area contributed by atoms with Crippen molar-refractivity contribution in [1.82, 2.24) is 24.3 Å². The Labute approximate surface area is 210 Å². The molecule has 2 aromatic heterocycles. The van der Waals surface area contributed by atoms with Gasteiger partial charge in [0.25, 0.3) is 0 Å². The van der Waals surface area contributed by atoms with E-state index in [0.717, 1.165) is 42.8 Å². The van der Waals surface area contributed by atoms with Crippen molar-refractivity contribution in [3.05, 3.63) is 77.1 Å². The van der Waals surface area contributed by atoms with Crippen LogP contribution in [0.2, 0.25) is 0 Å². The summed E-state index contributed by atoms with van der Waals surface area (Å²) in [6, 6.07) is 11.1. The number of hydrogen-bond acceptors (Lipinski definition) is 5. The van der Waals surface area contributed by atoms with Crippen molar-refractivity contribution in [2.24, 2.45) is 0 Å². The van der Waals surface area contributed by atoms with Crippen LogP contribution in [0, 0.1) is 25.5 Å². The highest BCUT2D eigenvalue weighted by atomic mass is 19.1. The van der Waals surface area contributed by atoms with Crippen molar-refractivity contribution in [3.8, 4) is 5.69 Å². The number of piperazine rings is 1. The summed E-state index contributed by atoms with van der Waals surface area (Å²) in [4.78, 5) is 13.5. The van der Waals surface area contributed by atoms with Crippen molar-refractivity contribution >= 4 is 22.7 Å². The first-order valence-corrected chi connectivity index (χ1v) is 12.4. The number of benzene rings is 2. The Balaban J connectivity index is 1.38. The van der Waals surface area contributed by atoms with Crippen LogP contribution >= 0.6 is 0 Å². The van der Waals surface area contributed by atoms with E-state index in [9.17, 15) is 0 Å². The maximum Gasteiger partial charge on any atom is 0.229 e. The van der Waals surface area contributed by atoms with Crippen LogP contribution in [0.3, 0.4) is 0 Å². The van der Waals surface area contributed by atoms with Gasteiger partial charge >= 0.3 is 0 Å². The predicted molar refractivity (Wildman–Crippen MR) is 140 cm³/mol. The zero-order valence-corrected chi connectivity index (χ0v) is 21.2. The van der Waals surface area contributed by atoms with Crippen LogP contribution in [0.1, 0.15) is 30.5 Å². The Bertz CT molecular complexity index is 1370. The minimum absolute atomic E-state index is 0.111. The first-order valence-electron chi connectivity index (χ1n) is 12.4. The average Bonchev–Trinajstić information content (AvgIpc) is 3.27.